The summed E-state index contributed by atoms with van der Waals surface area (Å²) in [6.45, 7) is 10.4. The van der Waals surface area contributed by atoms with E-state index in [9.17, 15) is 9.18 Å². The number of primary amides is 1. The SMILES string of the molecule is CCNC(=NCCCCN1CCC(C(N)=O)CC1)N1CCN(c2ccc(F)cc2)CC1.I. The number of aliphatic imine (C=N–C) groups is 1. The molecule has 0 spiro atoms. The monoisotopic (exact) mass is 560 g/mol. The van der Waals surface area contributed by atoms with Crippen molar-refractivity contribution in [3.8, 4) is 0 Å². The van der Waals surface area contributed by atoms with Crippen molar-refractivity contribution < 1.29 is 9.18 Å². The molecule has 0 aromatic heterocycles. The molecule has 3 rings (SSSR count). The minimum atomic E-state index is -0.195. The largest absolute Gasteiger partial charge is 0.369 e. The van der Waals surface area contributed by atoms with Gasteiger partial charge in [-0.1, -0.05) is 0 Å². The molecule has 2 heterocycles. The molecule has 3 N–H and O–H groups in total. The summed E-state index contributed by atoms with van der Waals surface area (Å²) in [7, 11) is 0. The average Bonchev–Trinajstić information content (AvgIpc) is 2.79. The number of hydrogen-bond acceptors (Lipinski definition) is 4. The Balaban J connectivity index is 0.00000363. The summed E-state index contributed by atoms with van der Waals surface area (Å²) in [5.74, 6) is 0.707. The third-order valence-corrected chi connectivity index (χ3v) is 6.24. The number of carbonyl (C=O) groups excluding carboxylic acids is 1. The van der Waals surface area contributed by atoms with Crippen molar-refractivity contribution in [2.24, 2.45) is 16.6 Å². The number of unbranched alkanes of at least 4 members (excludes halogenated alkanes) is 1. The second kappa shape index (κ2) is 13.8. The van der Waals surface area contributed by atoms with Crippen molar-refractivity contribution in [3.05, 3.63) is 30.1 Å². The number of anilines is 1. The quantitative estimate of drug-likeness (QED) is 0.221. The van der Waals surface area contributed by atoms with Crippen LogP contribution in [-0.4, -0.2) is 80.6 Å². The van der Waals surface area contributed by atoms with Gasteiger partial charge in [-0.2, -0.15) is 0 Å². The lowest BCUT2D eigenvalue weighted by molar-refractivity contribution is -0.123. The molecule has 2 saturated heterocycles. The van der Waals surface area contributed by atoms with Crippen LogP contribution < -0.4 is 16.0 Å². The number of benzene rings is 1. The lowest BCUT2D eigenvalue weighted by Crippen LogP contribution is -2.52. The summed E-state index contributed by atoms with van der Waals surface area (Å²) < 4.78 is 13.2. The fourth-order valence-electron chi connectivity index (χ4n) is 4.33. The molecule has 1 aromatic rings. The van der Waals surface area contributed by atoms with E-state index in [0.717, 1.165) is 96.2 Å². The lowest BCUT2D eigenvalue weighted by Gasteiger charge is -2.37. The summed E-state index contributed by atoms with van der Waals surface area (Å²) >= 11 is 0. The van der Waals surface area contributed by atoms with Gasteiger partial charge in [0, 0.05) is 50.9 Å². The number of amides is 1. The number of nitrogens with one attached hydrogen (secondary N) is 1. The van der Waals surface area contributed by atoms with Crippen LogP contribution in [0.15, 0.2) is 29.3 Å². The third-order valence-electron chi connectivity index (χ3n) is 6.24. The highest BCUT2D eigenvalue weighted by atomic mass is 127. The van der Waals surface area contributed by atoms with E-state index >= 15 is 0 Å². The zero-order valence-corrected chi connectivity index (χ0v) is 21.5. The number of piperazine rings is 1. The number of nitrogens with zero attached hydrogens (tertiary/aromatic N) is 4. The molecule has 0 saturated carbocycles. The van der Waals surface area contributed by atoms with Gasteiger partial charge >= 0.3 is 0 Å². The fraction of sp³-hybridized carbons (Fsp3) is 0.652. The van der Waals surface area contributed by atoms with Gasteiger partial charge in [-0.3, -0.25) is 9.79 Å². The van der Waals surface area contributed by atoms with Gasteiger partial charge in [0.15, 0.2) is 5.96 Å². The maximum absolute atomic E-state index is 13.2. The predicted octanol–water partition coefficient (Wildman–Crippen LogP) is 2.51. The molecule has 0 atom stereocenters. The van der Waals surface area contributed by atoms with Crippen LogP contribution >= 0.6 is 24.0 Å². The molecule has 2 aliphatic heterocycles. The number of piperidine rings is 1. The minimum absolute atomic E-state index is 0. The molecule has 1 amide bonds. The highest BCUT2D eigenvalue weighted by Crippen LogP contribution is 2.18. The molecule has 0 unspecified atom stereocenters. The fourth-order valence-corrected chi connectivity index (χ4v) is 4.33. The number of carbonyl (C=O) groups is 1. The second-order valence-corrected chi connectivity index (χ2v) is 8.41. The lowest BCUT2D eigenvalue weighted by atomic mass is 9.96. The first-order valence-corrected chi connectivity index (χ1v) is 11.6. The Bertz CT molecular complexity index is 716. The first-order chi connectivity index (χ1) is 15.1. The van der Waals surface area contributed by atoms with Crippen LogP contribution in [0, 0.1) is 11.7 Å². The van der Waals surface area contributed by atoms with Crippen LogP contribution in [-0.2, 0) is 4.79 Å². The van der Waals surface area contributed by atoms with E-state index in [0.29, 0.717) is 0 Å². The first kappa shape index (κ1) is 26.6. The van der Waals surface area contributed by atoms with Crippen molar-refractivity contribution in [3.63, 3.8) is 0 Å². The molecule has 32 heavy (non-hydrogen) atoms. The van der Waals surface area contributed by atoms with Crippen LogP contribution in [0.4, 0.5) is 10.1 Å². The molecule has 0 radical (unpaired) electrons. The Kier molecular flexibility index (Phi) is 11.5. The maximum Gasteiger partial charge on any atom is 0.220 e. The molecule has 2 aliphatic rings. The molecule has 180 valence electrons. The minimum Gasteiger partial charge on any atom is -0.369 e. The van der Waals surface area contributed by atoms with Gasteiger partial charge in [-0.25, -0.2) is 4.39 Å². The van der Waals surface area contributed by atoms with Crippen molar-refractivity contribution in [1.29, 1.82) is 0 Å². The molecule has 1 aromatic carbocycles. The standard InChI is InChI=1S/C23H37FN6O.HI/c1-2-26-23(27-11-3-4-12-28-13-9-19(10-14-28)22(25)31)30-17-15-29(16-18-30)21-7-5-20(24)6-8-21;/h5-8,19H,2-4,9-18H2,1H3,(H2,25,31)(H,26,27);1H. The Labute approximate surface area is 208 Å². The predicted molar refractivity (Wildman–Crippen MR) is 139 cm³/mol. The van der Waals surface area contributed by atoms with Gasteiger partial charge in [-0.15, -0.1) is 24.0 Å². The van der Waals surface area contributed by atoms with Gasteiger partial charge in [0.1, 0.15) is 5.82 Å². The molecule has 9 heteroatoms. The van der Waals surface area contributed by atoms with Crippen LogP contribution in [0.1, 0.15) is 32.6 Å². The highest BCUT2D eigenvalue weighted by Gasteiger charge is 2.23. The Morgan fingerprint density at radius 2 is 1.75 bits per heavy atom. The summed E-state index contributed by atoms with van der Waals surface area (Å²) in [6, 6.07) is 6.74. The third kappa shape index (κ3) is 8.06. The Hall–Kier alpha value is -1.62. The normalized spacial score (nSPS) is 18.4. The topological polar surface area (TPSA) is 77.2 Å². The first-order valence-electron chi connectivity index (χ1n) is 11.6. The van der Waals surface area contributed by atoms with Crippen molar-refractivity contribution in [1.82, 2.24) is 15.1 Å². The van der Waals surface area contributed by atoms with E-state index in [1.807, 2.05) is 12.1 Å². The zero-order valence-electron chi connectivity index (χ0n) is 19.1. The van der Waals surface area contributed by atoms with Crippen LogP contribution in [0.25, 0.3) is 0 Å². The van der Waals surface area contributed by atoms with Crippen molar-refractivity contribution >= 4 is 41.5 Å². The van der Waals surface area contributed by atoms with Crippen molar-refractivity contribution in [2.75, 3.05) is 63.8 Å². The number of halogens is 2. The van der Waals surface area contributed by atoms with E-state index in [1.54, 1.807) is 0 Å². The van der Waals surface area contributed by atoms with Crippen LogP contribution in [0.3, 0.4) is 0 Å². The Morgan fingerprint density at radius 3 is 2.34 bits per heavy atom. The Morgan fingerprint density at radius 1 is 1.09 bits per heavy atom. The second-order valence-electron chi connectivity index (χ2n) is 8.41. The summed E-state index contributed by atoms with van der Waals surface area (Å²) in [5, 5.41) is 3.42. The van der Waals surface area contributed by atoms with Gasteiger partial charge in [0.05, 0.1) is 0 Å². The van der Waals surface area contributed by atoms with Gasteiger partial charge in [0.2, 0.25) is 5.91 Å². The van der Waals surface area contributed by atoms with Gasteiger partial charge < -0.3 is 25.8 Å². The molecular formula is C23H38FIN6O. The maximum atomic E-state index is 13.2. The summed E-state index contributed by atoms with van der Waals surface area (Å²) in [6.07, 6.45) is 3.95. The van der Waals surface area contributed by atoms with E-state index in [4.69, 9.17) is 10.7 Å². The molecule has 2 fully saturated rings. The number of nitrogens with two attached hydrogens (primary N) is 1. The molecule has 0 aliphatic carbocycles. The van der Waals surface area contributed by atoms with Gasteiger partial charge in [-0.05, 0) is 76.5 Å². The molecule has 0 bridgehead atoms. The summed E-state index contributed by atoms with van der Waals surface area (Å²) in [5.41, 5.74) is 6.48. The zero-order chi connectivity index (χ0) is 22.1. The van der Waals surface area contributed by atoms with E-state index in [-0.39, 0.29) is 41.6 Å². The smallest absolute Gasteiger partial charge is 0.220 e. The highest BCUT2D eigenvalue weighted by molar-refractivity contribution is 14.0. The van der Waals surface area contributed by atoms with Crippen molar-refractivity contribution in [2.45, 2.75) is 32.6 Å². The number of hydrogen-bond donors (Lipinski definition) is 2. The number of likely N-dealkylation sites (tertiary alicyclic amines) is 1. The van der Waals surface area contributed by atoms with E-state index in [1.165, 1.54) is 12.1 Å². The summed E-state index contributed by atoms with van der Waals surface area (Å²) in [4.78, 5) is 23.2. The number of rotatable bonds is 8. The molecular weight excluding hydrogens is 522 g/mol. The van der Waals surface area contributed by atoms with E-state index in [2.05, 4.69) is 26.9 Å². The van der Waals surface area contributed by atoms with E-state index < -0.39 is 0 Å². The van der Waals surface area contributed by atoms with Crippen LogP contribution in [0.5, 0.6) is 0 Å². The molecule has 7 nitrogen and oxygen atoms in total. The number of guanidine groups is 1. The van der Waals surface area contributed by atoms with Gasteiger partial charge in [0.25, 0.3) is 0 Å². The van der Waals surface area contributed by atoms with Crippen LogP contribution in [0.2, 0.25) is 0 Å². The average molecular weight is 561 g/mol.